The summed E-state index contributed by atoms with van der Waals surface area (Å²) in [6, 6.07) is 0.267. The SMILES string of the molecule is CC(C)N1CCNC[C@H]1C(N)=O. The second-order valence-corrected chi connectivity index (χ2v) is 3.45. The first-order valence-electron chi connectivity index (χ1n) is 4.38. The third kappa shape index (κ3) is 1.95. The van der Waals surface area contributed by atoms with Gasteiger partial charge in [-0.25, -0.2) is 0 Å². The van der Waals surface area contributed by atoms with Crippen molar-refractivity contribution >= 4 is 5.91 Å². The second-order valence-electron chi connectivity index (χ2n) is 3.45. The Morgan fingerprint density at radius 1 is 1.67 bits per heavy atom. The number of nitrogens with one attached hydrogen (secondary N) is 1. The van der Waals surface area contributed by atoms with Crippen LogP contribution in [0.1, 0.15) is 13.8 Å². The molecule has 0 aromatic heterocycles. The van der Waals surface area contributed by atoms with Gasteiger partial charge in [0.25, 0.3) is 0 Å². The maximum Gasteiger partial charge on any atom is 0.236 e. The average Bonchev–Trinajstić information content (AvgIpc) is 2.04. The first-order chi connectivity index (χ1) is 5.63. The Labute approximate surface area is 73.1 Å². The highest BCUT2D eigenvalue weighted by atomic mass is 16.1. The Hall–Kier alpha value is -0.610. The molecule has 0 spiro atoms. The molecule has 0 bridgehead atoms. The van der Waals surface area contributed by atoms with Crippen LogP contribution < -0.4 is 11.1 Å². The lowest BCUT2D eigenvalue weighted by Gasteiger charge is -2.36. The molecule has 4 heteroatoms. The molecular weight excluding hydrogens is 154 g/mol. The van der Waals surface area contributed by atoms with E-state index in [1.54, 1.807) is 0 Å². The summed E-state index contributed by atoms with van der Waals surface area (Å²) in [6.07, 6.45) is 0. The third-order valence-corrected chi connectivity index (χ3v) is 2.28. The Morgan fingerprint density at radius 2 is 2.33 bits per heavy atom. The number of carbonyl (C=O) groups is 1. The highest BCUT2D eigenvalue weighted by molar-refractivity contribution is 5.80. The van der Waals surface area contributed by atoms with Crippen molar-refractivity contribution in [2.45, 2.75) is 25.9 Å². The zero-order chi connectivity index (χ0) is 9.14. The van der Waals surface area contributed by atoms with Crippen LogP contribution in [0.3, 0.4) is 0 Å². The van der Waals surface area contributed by atoms with Crippen molar-refractivity contribution < 1.29 is 4.79 Å². The van der Waals surface area contributed by atoms with Gasteiger partial charge in [0, 0.05) is 25.7 Å². The molecule has 1 saturated heterocycles. The standard InChI is InChI=1S/C8H17N3O/c1-6(2)11-4-3-10-5-7(11)8(9)12/h6-7,10H,3-5H2,1-2H3,(H2,9,12)/t7-/m0/s1. The summed E-state index contributed by atoms with van der Waals surface area (Å²) in [4.78, 5) is 13.1. The van der Waals surface area contributed by atoms with Gasteiger partial charge in [0.1, 0.15) is 6.04 Å². The van der Waals surface area contributed by atoms with Crippen molar-refractivity contribution in [2.24, 2.45) is 5.73 Å². The van der Waals surface area contributed by atoms with Crippen LogP contribution in [-0.2, 0) is 4.79 Å². The van der Waals surface area contributed by atoms with Gasteiger partial charge in [0.05, 0.1) is 0 Å². The summed E-state index contributed by atoms with van der Waals surface area (Å²) in [5.74, 6) is -0.226. The van der Waals surface area contributed by atoms with E-state index in [0.717, 1.165) is 13.1 Å². The highest BCUT2D eigenvalue weighted by Gasteiger charge is 2.27. The molecule has 3 N–H and O–H groups in total. The van der Waals surface area contributed by atoms with E-state index in [9.17, 15) is 4.79 Å². The molecule has 4 nitrogen and oxygen atoms in total. The van der Waals surface area contributed by atoms with Crippen molar-refractivity contribution in [3.63, 3.8) is 0 Å². The summed E-state index contributed by atoms with van der Waals surface area (Å²) < 4.78 is 0. The lowest BCUT2D eigenvalue weighted by molar-refractivity contribution is -0.124. The van der Waals surface area contributed by atoms with Crippen LogP contribution in [0.2, 0.25) is 0 Å². The van der Waals surface area contributed by atoms with E-state index in [2.05, 4.69) is 24.1 Å². The number of rotatable bonds is 2. The zero-order valence-electron chi connectivity index (χ0n) is 7.71. The Kier molecular flexibility index (Phi) is 3.05. The number of piperazine rings is 1. The van der Waals surface area contributed by atoms with Crippen LogP contribution in [-0.4, -0.2) is 42.5 Å². The van der Waals surface area contributed by atoms with Crippen LogP contribution in [0.4, 0.5) is 0 Å². The molecule has 1 atom stereocenters. The van der Waals surface area contributed by atoms with E-state index in [-0.39, 0.29) is 11.9 Å². The largest absolute Gasteiger partial charge is 0.368 e. The third-order valence-electron chi connectivity index (χ3n) is 2.28. The lowest BCUT2D eigenvalue weighted by Crippen LogP contribution is -2.58. The van der Waals surface area contributed by atoms with Crippen LogP contribution in [0.25, 0.3) is 0 Å². The summed E-state index contributed by atoms with van der Waals surface area (Å²) in [5.41, 5.74) is 5.27. The smallest absolute Gasteiger partial charge is 0.236 e. The molecule has 0 aromatic carbocycles. The van der Waals surface area contributed by atoms with E-state index in [1.165, 1.54) is 0 Å². The fourth-order valence-electron chi connectivity index (χ4n) is 1.60. The van der Waals surface area contributed by atoms with Crippen LogP contribution in [0, 0.1) is 0 Å². The molecular formula is C8H17N3O. The van der Waals surface area contributed by atoms with Gasteiger partial charge in [0.15, 0.2) is 0 Å². The topological polar surface area (TPSA) is 58.4 Å². The lowest BCUT2D eigenvalue weighted by atomic mass is 10.1. The van der Waals surface area contributed by atoms with Gasteiger partial charge in [-0.3, -0.25) is 9.69 Å². The Balaban J connectivity index is 2.60. The number of carbonyl (C=O) groups excluding carboxylic acids is 1. The van der Waals surface area contributed by atoms with Gasteiger partial charge in [0.2, 0.25) is 5.91 Å². The molecule has 1 fully saturated rings. The predicted molar refractivity (Wildman–Crippen MR) is 47.7 cm³/mol. The fourth-order valence-corrected chi connectivity index (χ4v) is 1.60. The van der Waals surface area contributed by atoms with Crippen molar-refractivity contribution in [1.29, 1.82) is 0 Å². The first kappa shape index (κ1) is 9.48. The minimum absolute atomic E-state index is 0.126. The Morgan fingerprint density at radius 3 is 2.75 bits per heavy atom. The minimum Gasteiger partial charge on any atom is -0.368 e. The number of nitrogens with two attached hydrogens (primary N) is 1. The van der Waals surface area contributed by atoms with Gasteiger partial charge in [-0.15, -0.1) is 0 Å². The molecule has 1 aliphatic heterocycles. The van der Waals surface area contributed by atoms with Crippen molar-refractivity contribution in [2.75, 3.05) is 19.6 Å². The summed E-state index contributed by atoms with van der Waals surface area (Å²) in [5, 5.41) is 3.16. The van der Waals surface area contributed by atoms with Crippen molar-refractivity contribution in [3.05, 3.63) is 0 Å². The van der Waals surface area contributed by atoms with Gasteiger partial charge in [-0.1, -0.05) is 0 Å². The van der Waals surface area contributed by atoms with E-state index >= 15 is 0 Å². The maximum absolute atomic E-state index is 11.0. The fraction of sp³-hybridized carbons (Fsp3) is 0.875. The van der Waals surface area contributed by atoms with Gasteiger partial charge in [-0.05, 0) is 13.8 Å². The molecule has 1 amide bonds. The summed E-state index contributed by atoms with van der Waals surface area (Å²) >= 11 is 0. The quantitative estimate of drug-likeness (QED) is 0.569. The second kappa shape index (κ2) is 3.87. The molecule has 12 heavy (non-hydrogen) atoms. The molecule has 0 aromatic rings. The molecule has 1 heterocycles. The van der Waals surface area contributed by atoms with E-state index < -0.39 is 0 Å². The number of hydrogen-bond donors (Lipinski definition) is 2. The van der Waals surface area contributed by atoms with Crippen LogP contribution >= 0.6 is 0 Å². The van der Waals surface area contributed by atoms with Gasteiger partial charge < -0.3 is 11.1 Å². The zero-order valence-corrected chi connectivity index (χ0v) is 7.71. The monoisotopic (exact) mass is 171 g/mol. The van der Waals surface area contributed by atoms with E-state index in [0.29, 0.717) is 12.6 Å². The first-order valence-corrected chi connectivity index (χ1v) is 4.38. The number of primary amides is 1. The van der Waals surface area contributed by atoms with Gasteiger partial charge >= 0.3 is 0 Å². The maximum atomic E-state index is 11.0. The van der Waals surface area contributed by atoms with E-state index in [1.807, 2.05) is 0 Å². The number of hydrogen-bond acceptors (Lipinski definition) is 3. The van der Waals surface area contributed by atoms with Gasteiger partial charge in [-0.2, -0.15) is 0 Å². The van der Waals surface area contributed by atoms with Crippen molar-refractivity contribution in [1.82, 2.24) is 10.2 Å². The molecule has 1 aliphatic rings. The van der Waals surface area contributed by atoms with E-state index in [4.69, 9.17) is 5.73 Å². The Bertz CT molecular complexity index is 170. The van der Waals surface area contributed by atoms with Crippen molar-refractivity contribution in [3.8, 4) is 0 Å². The molecule has 70 valence electrons. The van der Waals surface area contributed by atoms with Crippen LogP contribution in [0.5, 0.6) is 0 Å². The highest BCUT2D eigenvalue weighted by Crippen LogP contribution is 2.07. The summed E-state index contributed by atoms with van der Waals surface area (Å²) in [6.45, 7) is 6.71. The molecule has 0 unspecified atom stereocenters. The number of amides is 1. The molecule has 0 radical (unpaired) electrons. The normalized spacial score (nSPS) is 26.1. The number of nitrogens with zero attached hydrogens (tertiary/aromatic N) is 1. The molecule has 0 aliphatic carbocycles. The molecule has 0 saturated carbocycles. The molecule has 1 rings (SSSR count). The predicted octanol–water partition coefficient (Wildman–Crippen LogP) is -0.846. The average molecular weight is 171 g/mol. The van der Waals surface area contributed by atoms with Crippen LogP contribution in [0.15, 0.2) is 0 Å². The summed E-state index contributed by atoms with van der Waals surface area (Å²) in [7, 11) is 0. The minimum atomic E-state index is -0.226.